The zero-order valence-electron chi connectivity index (χ0n) is 10.9. The van der Waals surface area contributed by atoms with Gasteiger partial charge in [0.15, 0.2) is 10.0 Å². The molecule has 2 aromatic heterocycles. The van der Waals surface area contributed by atoms with Gasteiger partial charge in [-0.05, 0) is 6.26 Å². The Bertz CT molecular complexity index is 651. The van der Waals surface area contributed by atoms with Gasteiger partial charge in [-0.2, -0.15) is 4.98 Å². The number of thiazole rings is 1. The van der Waals surface area contributed by atoms with Crippen LogP contribution in [-0.4, -0.2) is 40.2 Å². The number of anilines is 1. The zero-order valence-corrected chi connectivity index (χ0v) is 12.5. The van der Waals surface area contributed by atoms with Crippen LogP contribution in [0, 0.1) is 6.92 Å². The number of amides is 2. The van der Waals surface area contributed by atoms with E-state index in [-0.39, 0.29) is 23.3 Å². The molecular formula is C10H11N5O3S2. The first-order chi connectivity index (χ1) is 9.55. The third-order valence-corrected chi connectivity index (χ3v) is 4.14. The summed E-state index contributed by atoms with van der Waals surface area (Å²) in [7, 11) is 1.49. The van der Waals surface area contributed by atoms with Crippen LogP contribution in [-0.2, 0) is 0 Å². The van der Waals surface area contributed by atoms with Crippen LogP contribution in [0.1, 0.15) is 27.0 Å². The molecule has 20 heavy (non-hydrogen) atoms. The summed E-state index contributed by atoms with van der Waals surface area (Å²) in [6.07, 6.45) is 1.83. The summed E-state index contributed by atoms with van der Waals surface area (Å²) in [4.78, 5) is 31.6. The van der Waals surface area contributed by atoms with Crippen LogP contribution in [0.15, 0.2) is 8.86 Å². The Balaban J connectivity index is 2.26. The molecular weight excluding hydrogens is 302 g/mol. The van der Waals surface area contributed by atoms with E-state index in [4.69, 9.17) is 4.52 Å². The first kappa shape index (κ1) is 14.5. The van der Waals surface area contributed by atoms with Crippen molar-refractivity contribution in [3.05, 3.63) is 17.4 Å². The Morgan fingerprint density at radius 2 is 2.05 bits per heavy atom. The Morgan fingerprint density at radius 1 is 1.30 bits per heavy atom. The molecule has 0 aromatic carbocycles. The Labute approximate surface area is 122 Å². The molecule has 2 N–H and O–H groups in total. The van der Waals surface area contributed by atoms with Crippen LogP contribution in [0.4, 0.5) is 5.00 Å². The molecule has 0 bridgehead atoms. The molecule has 0 radical (unpaired) electrons. The van der Waals surface area contributed by atoms with E-state index in [0.29, 0.717) is 9.34 Å². The molecule has 106 valence electrons. The smallest absolute Gasteiger partial charge is 0.297 e. The third kappa shape index (κ3) is 2.96. The van der Waals surface area contributed by atoms with Crippen LogP contribution in [0.25, 0.3) is 0 Å². The SMILES string of the molecule is CNC(=O)c1nc(SC)sc1NC(=O)c1noc(C)n1. The lowest BCUT2D eigenvalue weighted by molar-refractivity contribution is 0.0959. The van der Waals surface area contributed by atoms with Crippen LogP contribution >= 0.6 is 23.1 Å². The number of rotatable bonds is 4. The highest BCUT2D eigenvalue weighted by Crippen LogP contribution is 2.30. The Morgan fingerprint density at radius 3 is 2.60 bits per heavy atom. The summed E-state index contributed by atoms with van der Waals surface area (Å²) < 4.78 is 5.40. The van der Waals surface area contributed by atoms with Gasteiger partial charge in [-0.15, -0.1) is 0 Å². The lowest BCUT2D eigenvalue weighted by Gasteiger charge is -2.01. The number of nitrogens with one attached hydrogen (secondary N) is 2. The van der Waals surface area contributed by atoms with Crippen LogP contribution in [0.2, 0.25) is 0 Å². The molecule has 2 amide bonds. The summed E-state index contributed by atoms with van der Waals surface area (Å²) in [5.41, 5.74) is 0.162. The first-order valence-corrected chi connectivity index (χ1v) is 7.47. The van der Waals surface area contributed by atoms with Gasteiger partial charge in [0.1, 0.15) is 5.00 Å². The summed E-state index contributed by atoms with van der Waals surface area (Å²) >= 11 is 2.59. The lowest BCUT2D eigenvalue weighted by atomic mass is 10.4. The fraction of sp³-hybridized carbons (Fsp3) is 0.300. The van der Waals surface area contributed by atoms with Gasteiger partial charge >= 0.3 is 0 Å². The van der Waals surface area contributed by atoms with Crippen molar-refractivity contribution in [3.63, 3.8) is 0 Å². The van der Waals surface area contributed by atoms with Gasteiger partial charge in [-0.25, -0.2) is 4.98 Å². The molecule has 0 aliphatic carbocycles. The number of aryl methyl sites for hydroxylation is 1. The van der Waals surface area contributed by atoms with Gasteiger partial charge in [0.2, 0.25) is 5.89 Å². The van der Waals surface area contributed by atoms with Crippen LogP contribution < -0.4 is 10.6 Å². The molecule has 8 nitrogen and oxygen atoms in total. The highest BCUT2D eigenvalue weighted by Gasteiger charge is 2.21. The molecule has 0 aliphatic rings. The van der Waals surface area contributed by atoms with Crippen molar-refractivity contribution < 1.29 is 14.1 Å². The summed E-state index contributed by atoms with van der Waals surface area (Å²) in [6, 6.07) is 0. The van der Waals surface area contributed by atoms with Gasteiger partial charge in [0, 0.05) is 14.0 Å². The van der Waals surface area contributed by atoms with Crippen molar-refractivity contribution in [3.8, 4) is 0 Å². The number of carbonyl (C=O) groups excluding carboxylic acids is 2. The van der Waals surface area contributed by atoms with Crippen molar-refractivity contribution in [2.45, 2.75) is 11.3 Å². The second-order valence-electron chi connectivity index (χ2n) is 3.53. The number of hydrogen-bond acceptors (Lipinski definition) is 8. The van der Waals surface area contributed by atoms with Crippen molar-refractivity contribution in [2.24, 2.45) is 0 Å². The van der Waals surface area contributed by atoms with E-state index in [9.17, 15) is 9.59 Å². The van der Waals surface area contributed by atoms with Crippen LogP contribution in [0.3, 0.4) is 0 Å². The molecule has 0 saturated carbocycles. The summed E-state index contributed by atoms with van der Waals surface area (Å²) in [5.74, 6) is -0.732. The minimum absolute atomic E-state index is 0.0931. The first-order valence-electron chi connectivity index (χ1n) is 5.43. The quantitative estimate of drug-likeness (QED) is 0.815. The van der Waals surface area contributed by atoms with E-state index < -0.39 is 5.91 Å². The highest BCUT2D eigenvalue weighted by molar-refractivity contribution is 8.00. The van der Waals surface area contributed by atoms with Crippen molar-refractivity contribution >= 4 is 39.9 Å². The van der Waals surface area contributed by atoms with Crippen molar-refractivity contribution in [1.29, 1.82) is 0 Å². The maximum Gasteiger partial charge on any atom is 0.297 e. The maximum absolute atomic E-state index is 11.9. The van der Waals surface area contributed by atoms with Crippen LogP contribution in [0.5, 0.6) is 0 Å². The predicted molar refractivity (Wildman–Crippen MR) is 74.3 cm³/mol. The topological polar surface area (TPSA) is 110 Å². The van der Waals surface area contributed by atoms with Gasteiger partial charge in [-0.3, -0.25) is 9.59 Å². The fourth-order valence-electron chi connectivity index (χ4n) is 1.30. The molecule has 0 spiro atoms. The highest BCUT2D eigenvalue weighted by atomic mass is 32.2. The molecule has 2 rings (SSSR count). The van der Waals surface area contributed by atoms with Crippen molar-refractivity contribution in [1.82, 2.24) is 20.4 Å². The third-order valence-electron chi connectivity index (χ3n) is 2.18. The van der Waals surface area contributed by atoms with Gasteiger partial charge in [-0.1, -0.05) is 28.3 Å². The molecule has 10 heteroatoms. The Hall–Kier alpha value is -1.94. The monoisotopic (exact) mass is 313 g/mol. The Kier molecular flexibility index (Phi) is 4.35. The predicted octanol–water partition coefficient (Wildman–Crippen LogP) is 1.17. The standard InChI is InChI=1S/C10H11N5O3S2/c1-4-12-6(15-18-4)8(17)14-9-5(7(16)11-2)13-10(19-3)20-9/h1-3H3,(H,11,16)(H,14,17). The molecule has 0 unspecified atom stereocenters. The summed E-state index contributed by atoms with van der Waals surface area (Å²) in [5, 5.41) is 8.90. The average molecular weight is 313 g/mol. The molecule has 0 aliphatic heterocycles. The fourth-order valence-corrected chi connectivity index (χ4v) is 2.75. The second kappa shape index (κ2) is 6.01. The van der Waals surface area contributed by atoms with E-state index in [1.807, 2.05) is 6.26 Å². The number of thioether (sulfide) groups is 1. The van der Waals surface area contributed by atoms with E-state index in [2.05, 4.69) is 25.8 Å². The van der Waals surface area contributed by atoms with E-state index in [0.717, 1.165) is 0 Å². The lowest BCUT2D eigenvalue weighted by Crippen LogP contribution is -2.21. The largest absolute Gasteiger partial charge is 0.354 e. The van der Waals surface area contributed by atoms with Gasteiger partial charge in [0.25, 0.3) is 17.6 Å². The minimum atomic E-state index is -0.552. The van der Waals surface area contributed by atoms with E-state index in [1.54, 1.807) is 6.92 Å². The molecule has 0 saturated heterocycles. The molecule has 2 heterocycles. The number of hydrogen-bond donors (Lipinski definition) is 2. The second-order valence-corrected chi connectivity index (χ2v) is 5.58. The summed E-state index contributed by atoms with van der Waals surface area (Å²) in [6.45, 7) is 1.58. The molecule has 0 atom stereocenters. The van der Waals surface area contributed by atoms with E-state index in [1.165, 1.54) is 30.1 Å². The number of carbonyl (C=O) groups is 2. The normalized spacial score (nSPS) is 10.3. The zero-order chi connectivity index (χ0) is 14.7. The van der Waals surface area contributed by atoms with E-state index >= 15 is 0 Å². The minimum Gasteiger partial charge on any atom is -0.354 e. The molecule has 0 fully saturated rings. The number of aromatic nitrogens is 3. The maximum atomic E-state index is 11.9. The van der Waals surface area contributed by atoms with Crippen molar-refractivity contribution in [2.75, 3.05) is 18.6 Å². The number of nitrogens with zero attached hydrogens (tertiary/aromatic N) is 3. The molecule has 2 aromatic rings. The average Bonchev–Trinajstić information content (AvgIpc) is 3.04. The van der Waals surface area contributed by atoms with Gasteiger partial charge in [0.05, 0.1) is 0 Å². The van der Waals surface area contributed by atoms with Gasteiger partial charge < -0.3 is 15.2 Å².